The summed E-state index contributed by atoms with van der Waals surface area (Å²) in [6.07, 6.45) is 1.14. The summed E-state index contributed by atoms with van der Waals surface area (Å²) < 4.78 is 8.61. The van der Waals surface area contributed by atoms with Crippen LogP contribution in [0, 0.1) is 0 Å². The van der Waals surface area contributed by atoms with Crippen molar-refractivity contribution in [1.82, 2.24) is 29.3 Å². The number of anilines is 1. The lowest BCUT2D eigenvalue weighted by molar-refractivity contribution is 0.168. The van der Waals surface area contributed by atoms with E-state index in [1.165, 1.54) is 27.7 Å². The SMILES string of the molecule is CCCCn1c(=O)[nH]c(=O)c2c1nc(CSc1nnc(NC(=O)OCC)s1)n2C. The predicted molar refractivity (Wildman–Crippen MR) is 111 cm³/mol. The van der Waals surface area contributed by atoms with Crippen LogP contribution in [0.15, 0.2) is 13.9 Å². The van der Waals surface area contributed by atoms with E-state index in [0.717, 1.165) is 12.8 Å². The van der Waals surface area contributed by atoms with Crippen molar-refractivity contribution in [2.45, 2.75) is 43.3 Å². The Morgan fingerprint density at radius 3 is 2.83 bits per heavy atom. The average Bonchev–Trinajstić information content (AvgIpc) is 3.24. The van der Waals surface area contributed by atoms with Gasteiger partial charge in [0.05, 0.1) is 12.4 Å². The smallest absolute Gasteiger partial charge is 0.413 e. The number of carbonyl (C=O) groups is 1. The molecule has 0 atom stereocenters. The van der Waals surface area contributed by atoms with Crippen molar-refractivity contribution in [1.29, 1.82) is 0 Å². The molecule has 0 unspecified atom stereocenters. The fraction of sp³-hybridized carbons (Fsp3) is 0.500. The van der Waals surface area contributed by atoms with E-state index in [4.69, 9.17) is 4.74 Å². The molecule has 2 N–H and O–H groups in total. The van der Waals surface area contributed by atoms with Gasteiger partial charge in [-0.3, -0.25) is 19.7 Å². The molecule has 3 aromatic heterocycles. The molecular formula is C16H21N7O4S2. The third-order valence-corrected chi connectivity index (χ3v) is 6.02. The number of nitrogens with zero attached hydrogens (tertiary/aromatic N) is 5. The Hall–Kier alpha value is -2.67. The van der Waals surface area contributed by atoms with Gasteiger partial charge in [0.15, 0.2) is 15.5 Å². The first-order valence-corrected chi connectivity index (χ1v) is 10.8. The monoisotopic (exact) mass is 439 g/mol. The lowest BCUT2D eigenvalue weighted by atomic mass is 10.3. The lowest BCUT2D eigenvalue weighted by Gasteiger charge is -2.04. The number of hydrogen-bond acceptors (Lipinski definition) is 9. The molecule has 0 aromatic carbocycles. The van der Waals surface area contributed by atoms with Gasteiger partial charge in [-0.15, -0.1) is 10.2 Å². The Balaban J connectivity index is 1.81. The minimum atomic E-state index is -0.583. The average molecular weight is 440 g/mol. The molecule has 29 heavy (non-hydrogen) atoms. The number of aromatic nitrogens is 6. The van der Waals surface area contributed by atoms with Gasteiger partial charge in [0.1, 0.15) is 5.82 Å². The molecule has 3 aromatic rings. The summed E-state index contributed by atoms with van der Waals surface area (Å²) >= 11 is 2.58. The minimum Gasteiger partial charge on any atom is -0.450 e. The second-order valence-electron chi connectivity index (χ2n) is 6.03. The summed E-state index contributed by atoms with van der Waals surface area (Å²) in [5.74, 6) is 1.04. The zero-order chi connectivity index (χ0) is 21.0. The Bertz CT molecular complexity index is 1130. The van der Waals surface area contributed by atoms with Crippen LogP contribution >= 0.6 is 23.1 Å². The maximum Gasteiger partial charge on any atom is 0.413 e. The Morgan fingerprint density at radius 2 is 2.10 bits per heavy atom. The summed E-state index contributed by atoms with van der Waals surface area (Å²) in [5.41, 5.74) is -0.168. The van der Waals surface area contributed by atoms with Gasteiger partial charge in [-0.1, -0.05) is 36.4 Å². The normalized spacial score (nSPS) is 11.1. The van der Waals surface area contributed by atoms with Gasteiger partial charge in [0, 0.05) is 13.6 Å². The zero-order valence-corrected chi connectivity index (χ0v) is 17.9. The molecule has 156 valence electrons. The number of aryl methyl sites for hydroxylation is 2. The van der Waals surface area contributed by atoms with Gasteiger partial charge in [-0.05, 0) is 13.3 Å². The van der Waals surface area contributed by atoms with Crippen LogP contribution in [0.3, 0.4) is 0 Å². The van der Waals surface area contributed by atoms with Gasteiger partial charge >= 0.3 is 11.8 Å². The van der Waals surface area contributed by atoms with Gasteiger partial charge in [0.25, 0.3) is 5.56 Å². The molecule has 0 bridgehead atoms. The predicted octanol–water partition coefficient (Wildman–Crippen LogP) is 1.94. The van der Waals surface area contributed by atoms with Crippen LogP contribution in [0.25, 0.3) is 11.2 Å². The number of carbonyl (C=O) groups excluding carboxylic acids is 1. The number of unbranched alkanes of at least 4 members (excludes halogenated alkanes) is 1. The van der Waals surface area contributed by atoms with E-state index in [1.807, 2.05) is 6.92 Å². The number of nitrogens with one attached hydrogen (secondary N) is 2. The second kappa shape index (κ2) is 9.22. The maximum atomic E-state index is 12.3. The summed E-state index contributed by atoms with van der Waals surface area (Å²) in [4.78, 5) is 42.8. The molecular weight excluding hydrogens is 418 g/mol. The number of hydrogen-bond donors (Lipinski definition) is 2. The van der Waals surface area contributed by atoms with E-state index in [0.29, 0.717) is 38.8 Å². The number of thioether (sulfide) groups is 1. The van der Waals surface area contributed by atoms with E-state index in [2.05, 4.69) is 25.5 Å². The van der Waals surface area contributed by atoms with Crippen molar-refractivity contribution < 1.29 is 9.53 Å². The number of amides is 1. The van der Waals surface area contributed by atoms with Crippen LogP contribution in [0.5, 0.6) is 0 Å². The molecule has 13 heteroatoms. The molecule has 0 spiro atoms. The summed E-state index contributed by atoms with van der Waals surface area (Å²) in [5, 5.41) is 10.8. The number of ether oxygens (including phenoxy) is 1. The van der Waals surface area contributed by atoms with Crippen molar-refractivity contribution in [3.63, 3.8) is 0 Å². The van der Waals surface area contributed by atoms with Crippen molar-refractivity contribution in [3.05, 3.63) is 26.7 Å². The highest BCUT2D eigenvalue weighted by molar-refractivity contribution is 8.00. The quantitative estimate of drug-likeness (QED) is 0.401. The highest BCUT2D eigenvalue weighted by Gasteiger charge is 2.17. The fourth-order valence-electron chi connectivity index (χ4n) is 2.64. The van der Waals surface area contributed by atoms with Crippen LogP contribution in [0.2, 0.25) is 0 Å². The highest BCUT2D eigenvalue weighted by Crippen LogP contribution is 2.28. The van der Waals surface area contributed by atoms with Crippen LogP contribution in [0.1, 0.15) is 32.5 Å². The lowest BCUT2D eigenvalue weighted by Crippen LogP contribution is -2.31. The van der Waals surface area contributed by atoms with E-state index >= 15 is 0 Å². The Labute approximate surface area is 173 Å². The van der Waals surface area contributed by atoms with Crippen molar-refractivity contribution in [2.24, 2.45) is 7.05 Å². The molecule has 3 rings (SSSR count). The second-order valence-corrected chi connectivity index (χ2v) is 8.23. The summed E-state index contributed by atoms with van der Waals surface area (Å²) in [7, 11) is 1.74. The van der Waals surface area contributed by atoms with Crippen LogP contribution in [-0.2, 0) is 24.1 Å². The molecule has 0 saturated heterocycles. The third kappa shape index (κ3) is 4.67. The molecule has 0 radical (unpaired) electrons. The van der Waals surface area contributed by atoms with Gasteiger partial charge in [-0.2, -0.15) is 0 Å². The minimum absolute atomic E-state index is 0.265. The zero-order valence-electron chi connectivity index (χ0n) is 16.2. The van der Waals surface area contributed by atoms with Crippen LogP contribution in [-0.4, -0.2) is 42.0 Å². The Morgan fingerprint density at radius 1 is 1.31 bits per heavy atom. The summed E-state index contributed by atoms with van der Waals surface area (Å²) in [6.45, 7) is 4.50. The highest BCUT2D eigenvalue weighted by atomic mass is 32.2. The fourth-order valence-corrected chi connectivity index (χ4v) is 4.37. The molecule has 0 aliphatic carbocycles. The van der Waals surface area contributed by atoms with E-state index in [-0.39, 0.29) is 6.61 Å². The molecule has 0 saturated carbocycles. The van der Waals surface area contributed by atoms with Gasteiger partial charge in [-0.25, -0.2) is 14.6 Å². The number of fused-ring (bicyclic) bond motifs is 1. The van der Waals surface area contributed by atoms with E-state index in [1.54, 1.807) is 18.5 Å². The maximum absolute atomic E-state index is 12.3. The summed E-state index contributed by atoms with van der Waals surface area (Å²) in [6, 6.07) is 0. The molecule has 1 amide bonds. The number of imidazole rings is 1. The van der Waals surface area contributed by atoms with E-state index < -0.39 is 17.3 Å². The van der Waals surface area contributed by atoms with Gasteiger partial charge < -0.3 is 9.30 Å². The number of aromatic amines is 1. The molecule has 11 nitrogen and oxygen atoms in total. The topological polar surface area (TPSA) is 137 Å². The first-order chi connectivity index (χ1) is 13.9. The molecule has 3 heterocycles. The standard InChI is InChI=1S/C16H21N7O4S2/c1-4-6-7-23-11-10(12(24)18-14(23)25)22(3)9(17-11)8-28-16-21-20-13(29-16)19-15(26)27-5-2/h4-8H2,1-3H3,(H,18,24,25)(H,19,20,26). The molecule has 0 aliphatic heterocycles. The third-order valence-electron chi connectivity index (χ3n) is 4.06. The van der Waals surface area contributed by atoms with Crippen molar-refractivity contribution in [2.75, 3.05) is 11.9 Å². The molecule has 0 fully saturated rings. The largest absolute Gasteiger partial charge is 0.450 e. The van der Waals surface area contributed by atoms with Gasteiger partial charge in [0.2, 0.25) is 5.13 Å². The first-order valence-electron chi connectivity index (χ1n) is 9.03. The number of rotatable bonds is 8. The first kappa shape index (κ1) is 21.0. The van der Waals surface area contributed by atoms with Crippen LogP contribution < -0.4 is 16.6 Å². The number of H-pyrrole nitrogens is 1. The van der Waals surface area contributed by atoms with Crippen molar-refractivity contribution in [3.8, 4) is 0 Å². The molecule has 0 aliphatic rings. The van der Waals surface area contributed by atoms with E-state index in [9.17, 15) is 14.4 Å². The van der Waals surface area contributed by atoms with Crippen LogP contribution in [0.4, 0.5) is 9.93 Å². The van der Waals surface area contributed by atoms with Crippen molar-refractivity contribution >= 4 is 45.5 Å². The Kier molecular flexibility index (Phi) is 6.69.